The van der Waals surface area contributed by atoms with Gasteiger partial charge in [0.1, 0.15) is 5.75 Å². The van der Waals surface area contributed by atoms with E-state index in [4.69, 9.17) is 26.6 Å². The van der Waals surface area contributed by atoms with Crippen molar-refractivity contribution in [2.75, 3.05) is 12.3 Å². The zero-order valence-electron chi connectivity index (χ0n) is 14.3. The molecule has 2 heterocycles. The van der Waals surface area contributed by atoms with Crippen molar-refractivity contribution in [3.8, 4) is 34.4 Å². The summed E-state index contributed by atoms with van der Waals surface area (Å²) in [7, 11) is 0. The average Bonchev–Trinajstić information content (AvgIpc) is 3.29. The Kier molecular flexibility index (Phi) is 4.47. The predicted octanol–water partition coefficient (Wildman–Crippen LogP) is 3.62. The van der Waals surface area contributed by atoms with E-state index >= 15 is 0 Å². The number of halogens is 1. The Hall–Kier alpha value is -3.39. The molecule has 0 aliphatic rings. The zero-order valence-corrected chi connectivity index (χ0v) is 15.1. The third-order valence-electron chi connectivity index (χ3n) is 3.81. The van der Waals surface area contributed by atoms with Crippen LogP contribution in [0.3, 0.4) is 0 Å². The highest BCUT2D eigenvalue weighted by Crippen LogP contribution is 2.27. The van der Waals surface area contributed by atoms with Gasteiger partial charge in [0.2, 0.25) is 5.82 Å². The van der Waals surface area contributed by atoms with Crippen LogP contribution in [0, 0.1) is 0 Å². The van der Waals surface area contributed by atoms with E-state index in [2.05, 4.69) is 20.5 Å². The predicted molar refractivity (Wildman–Crippen MR) is 101 cm³/mol. The van der Waals surface area contributed by atoms with Gasteiger partial charge in [-0.05, 0) is 49.4 Å². The number of hydrogen-bond donors (Lipinski definition) is 1. The standard InChI is InChI=1S/C18H15ClN6O2/c1-2-26-14-8-6-11(7-9-14)17-21-18(27-23-17)15-16(20)25(24-22-15)13-5-3-4-12(19)10-13/h3-10H,2,20H2,1H3. The highest BCUT2D eigenvalue weighted by Gasteiger charge is 2.20. The van der Waals surface area contributed by atoms with Crippen LogP contribution in [0.5, 0.6) is 5.75 Å². The summed E-state index contributed by atoms with van der Waals surface area (Å²) in [6.45, 7) is 2.54. The average molecular weight is 383 g/mol. The van der Waals surface area contributed by atoms with E-state index in [0.29, 0.717) is 28.8 Å². The summed E-state index contributed by atoms with van der Waals surface area (Å²) in [6.07, 6.45) is 0. The number of nitrogens with zero attached hydrogens (tertiary/aromatic N) is 5. The molecule has 0 amide bonds. The smallest absolute Gasteiger partial charge is 0.282 e. The quantitative estimate of drug-likeness (QED) is 0.562. The van der Waals surface area contributed by atoms with E-state index in [9.17, 15) is 0 Å². The van der Waals surface area contributed by atoms with Crippen molar-refractivity contribution in [3.63, 3.8) is 0 Å². The Bertz CT molecular complexity index is 1070. The van der Waals surface area contributed by atoms with Crippen LogP contribution in [0.4, 0.5) is 5.82 Å². The van der Waals surface area contributed by atoms with E-state index in [0.717, 1.165) is 11.3 Å². The molecule has 2 aromatic carbocycles. The van der Waals surface area contributed by atoms with Gasteiger partial charge >= 0.3 is 0 Å². The Labute approximate surface area is 159 Å². The Balaban J connectivity index is 1.64. The van der Waals surface area contributed by atoms with Gasteiger partial charge < -0.3 is 15.0 Å². The fraction of sp³-hybridized carbons (Fsp3) is 0.111. The van der Waals surface area contributed by atoms with Gasteiger partial charge in [-0.25, -0.2) is 0 Å². The molecule has 0 saturated carbocycles. The van der Waals surface area contributed by atoms with Gasteiger partial charge in [-0.3, -0.25) is 0 Å². The third-order valence-corrected chi connectivity index (χ3v) is 4.04. The summed E-state index contributed by atoms with van der Waals surface area (Å²) < 4.78 is 12.2. The third kappa shape index (κ3) is 3.34. The van der Waals surface area contributed by atoms with Gasteiger partial charge in [0.15, 0.2) is 11.5 Å². The summed E-state index contributed by atoms with van der Waals surface area (Å²) >= 11 is 6.02. The maximum absolute atomic E-state index is 6.17. The molecule has 0 atom stereocenters. The molecule has 0 aliphatic carbocycles. The lowest BCUT2D eigenvalue weighted by molar-refractivity contribution is 0.340. The minimum Gasteiger partial charge on any atom is -0.494 e. The lowest BCUT2D eigenvalue weighted by Crippen LogP contribution is -2.02. The molecule has 0 fully saturated rings. The monoisotopic (exact) mass is 382 g/mol. The van der Waals surface area contributed by atoms with Crippen molar-refractivity contribution in [2.45, 2.75) is 6.92 Å². The maximum atomic E-state index is 6.17. The first kappa shape index (κ1) is 17.0. The lowest BCUT2D eigenvalue weighted by atomic mass is 10.2. The van der Waals surface area contributed by atoms with Gasteiger partial charge in [0, 0.05) is 10.6 Å². The second-order valence-electron chi connectivity index (χ2n) is 5.60. The largest absolute Gasteiger partial charge is 0.494 e. The number of nitrogen functional groups attached to an aromatic ring is 1. The fourth-order valence-corrected chi connectivity index (χ4v) is 2.73. The molecule has 2 aromatic heterocycles. The number of nitrogens with two attached hydrogens (primary N) is 1. The molecule has 0 spiro atoms. The molecule has 8 nitrogen and oxygen atoms in total. The Morgan fingerprint density at radius 1 is 1.19 bits per heavy atom. The van der Waals surface area contributed by atoms with Crippen LogP contribution in [0.2, 0.25) is 5.02 Å². The molecule has 0 unspecified atom stereocenters. The SMILES string of the molecule is CCOc1ccc(-c2noc(-c3nnn(-c4cccc(Cl)c4)c3N)n2)cc1. The van der Waals surface area contributed by atoms with Crippen molar-refractivity contribution in [3.05, 3.63) is 53.6 Å². The van der Waals surface area contributed by atoms with Crippen LogP contribution >= 0.6 is 11.6 Å². The fourth-order valence-electron chi connectivity index (χ4n) is 2.54. The summed E-state index contributed by atoms with van der Waals surface area (Å²) in [6, 6.07) is 14.5. The molecule has 4 aromatic rings. The minimum atomic E-state index is 0.185. The van der Waals surface area contributed by atoms with Crippen molar-refractivity contribution < 1.29 is 9.26 Å². The van der Waals surface area contributed by atoms with Crippen LogP contribution in [0.15, 0.2) is 53.1 Å². The van der Waals surface area contributed by atoms with E-state index in [-0.39, 0.29) is 11.7 Å². The molecule has 136 valence electrons. The molecule has 0 saturated heterocycles. The summed E-state index contributed by atoms with van der Waals surface area (Å²) in [5.41, 5.74) is 7.95. The summed E-state index contributed by atoms with van der Waals surface area (Å²) in [5, 5.41) is 12.7. The minimum absolute atomic E-state index is 0.185. The molecular weight excluding hydrogens is 368 g/mol. The summed E-state index contributed by atoms with van der Waals surface area (Å²) in [5.74, 6) is 1.66. The molecule has 0 radical (unpaired) electrons. The van der Waals surface area contributed by atoms with Crippen LogP contribution in [0.1, 0.15) is 6.92 Å². The summed E-state index contributed by atoms with van der Waals surface area (Å²) in [4.78, 5) is 4.37. The first-order chi connectivity index (χ1) is 13.2. The molecule has 0 aliphatic heterocycles. The highest BCUT2D eigenvalue weighted by atomic mass is 35.5. The van der Waals surface area contributed by atoms with Crippen LogP contribution in [-0.2, 0) is 0 Å². The highest BCUT2D eigenvalue weighted by molar-refractivity contribution is 6.30. The van der Waals surface area contributed by atoms with E-state index in [1.165, 1.54) is 4.68 Å². The number of hydrogen-bond acceptors (Lipinski definition) is 7. The second-order valence-corrected chi connectivity index (χ2v) is 6.03. The number of anilines is 1. The molecule has 27 heavy (non-hydrogen) atoms. The molecule has 9 heteroatoms. The first-order valence-electron chi connectivity index (χ1n) is 8.20. The number of aromatic nitrogens is 5. The topological polar surface area (TPSA) is 105 Å². The van der Waals surface area contributed by atoms with Crippen LogP contribution in [-0.4, -0.2) is 31.7 Å². The Morgan fingerprint density at radius 3 is 2.74 bits per heavy atom. The number of rotatable bonds is 5. The van der Waals surface area contributed by atoms with Gasteiger partial charge in [-0.15, -0.1) is 5.10 Å². The van der Waals surface area contributed by atoms with Gasteiger partial charge in [-0.2, -0.15) is 9.67 Å². The van der Waals surface area contributed by atoms with E-state index in [1.54, 1.807) is 18.2 Å². The molecular formula is C18H15ClN6O2. The van der Waals surface area contributed by atoms with Crippen LogP contribution in [0.25, 0.3) is 28.7 Å². The Morgan fingerprint density at radius 2 is 2.00 bits per heavy atom. The van der Waals surface area contributed by atoms with E-state index in [1.807, 2.05) is 37.3 Å². The van der Waals surface area contributed by atoms with Crippen molar-refractivity contribution in [1.29, 1.82) is 0 Å². The van der Waals surface area contributed by atoms with Crippen LogP contribution < -0.4 is 10.5 Å². The molecule has 4 rings (SSSR count). The maximum Gasteiger partial charge on any atom is 0.282 e. The normalized spacial score (nSPS) is 10.9. The molecule has 0 bridgehead atoms. The number of benzene rings is 2. The van der Waals surface area contributed by atoms with Gasteiger partial charge in [0.05, 0.1) is 12.3 Å². The van der Waals surface area contributed by atoms with Crippen molar-refractivity contribution >= 4 is 17.4 Å². The zero-order chi connectivity index (χ0) is 18.8. The molecule has 2 N–H and O–H groups in total. The van der Waals surface area contributed by atoms with E-state index < -0.39 is 0 Å². The van der Waals surface area contributed by atoms with Crippen molar-refractivity contribution in [1.82, 2.24) is 25.1 Å². The van der Waals surface area contributed by atoms with Crippen molar-refractivity contribution in [2.24, 2.45) is 0 Å². The van der Waals surface area contributed by atoms with Gasteiger partial charge in [-0.1, -0.05) is 28.0 Å². The van der Waals surface area contributed by atoms with Gasteiger partial charge in [0.25, 0.3) is 5.89 Å². The second kappa shape index (κ2) is 7.08. The lowest BCUT2D eigenvalue weighted by Gasteiger charge is -2.02. The number of ether oxygens (including phenoxy) is 1. The first-order valence-corrected chi connectivity index (χ1v) is 8.58.